The lowest BCUT2D eigenvalue weighted by molar-refractivity contribution is -0.130. The first kappa shape index (κ1) is 21.9. The van der Waals surface area contributed by atoms with Gasteiger partial charge in [0.1, 0.15) is 5.75 Å². The van der Waals surface area contributed by atoms with Gasteiger partial charge in [-0.25, -0.2) is 8.42 Å². The molecule has 0 heterocycles. The van der Waals surface area contributed by atoms with E-state index in [0.717, 1.165) is 11.1 Å². The van der Waals surface area contributed by atoms with Gasteiger partial charge in [-0.3, -0.25) is 4.79 Å². The maximum atomic E-state index is 13.0. The molecule has 0 aliphatic heterocycles. The fourth-order valence-electron chi connectivity index (χ4n) is 2.83. The van der Waals surface area contributed by atoms with Crippen molar-refractivity contribution in [3.63, 3.8) is 0 Å². The molecule has 0 N–H and O–H groups in total. The summed E-state index contributed by atoms with van der Waals surface area (Å²) in [6.45, 7) is 6.35. The van der Waals surface area contributed by atoms with E-state index in [4.69, 9.17) is 4.74 Å². The van der Waals surface area contributed by atoms with E-state index in [0.29, 0.717) is 18.9 Å². The molecule has 0 spiro atoms. The molecule has 0 aromatic heterocycles. The van der Waals surface area contributed by atoms with Gasteiger partial charge in [-0.2, -0.15) is 4.31 Å². The molecule has 0 atom stereocenters. The molecule has 0 aliphatic rings. The quantitative estimate of drug-likeness (QED) is 0.644. The number of likely N-dealkylation sites (N-methyl/N-ethyl adjacent to an activating group) is 2. The van der Waals surface area contributed by atoms with Crippen LogP contribution in [0.15, 0.2) is 53.4 Å². The molecule has 2 aromatic rings. The van der Waals surface area contributed by atoms with Crippen LogP contribution in [0.3, 0.4) is 0 Å². The number of sulfonamides is 1. The van der Waals surface area contributed by atoms with Crippen LogP contribution in [0.5, 0.6) is 5.75 Å². The summed E-state index contributed by atoms with van der Waals surface area (Å²) >= 11 is 0. The molecule has 0 bridgehead atoms. The van der Waals surface area contributed by atoms with Gasteiger partial charge >= 0.3 is 0 Å². The maximum Gasteiger partial charge on any atom is 0.243 e. The summed E-state index contributed by atoms with van der Waals surface area (Å²) < 4.78 is 32.7. The van der Waals surface area contributed by atoms with Crippen molar-refractivity contribution in [3.05, 3.63) is 59.7 Å². The Morgan fingerprint density at radius 3 is 2.32 bits per heavy atom. The second kappa shape index (κ2) is 9.71. The van der Waals surface area contributed by atoms with E-state index >= 15 is 0 Å². The first-order valence-corrected chi connectivity index (χ1v) is 10.7. The number of carbonyl (C=O) groups is 1. The Bertz CT molecular complexity index is 898. The molecule has 2 aromatic carbocycles. The van der Waals surface area contributed by atoms with Crippen LogP contribution >= 0.6 is 0 Å². The first-order valence-electron chi connectivity index (χ1n) is 9.31. The zero-order valence-corrected chi connectivity index (χ0v) is 17.7. The van der Waals surface area contributed by atoms with Gasteiger partial charge < -0.3 is 9.64 Å². The summed E-state index contributed by atoms with van der Waals surface area (Å²) in [6.07, 6.45) is 0. The molecule has 0 saturated carbocycles. The number of carbonyl (C=O) groups excluding carboxylic acids is 1. The van der Waals surface area contributed by atoms with Crippen LogP contribution in [0.4, 0.5) is 0 Å². The van der Waals surface area contributed by atoms with Crippen LogP contribution in [-0.2, 0) is 21.4 Å². The second-order valence-electron chi connectivity index (χ2n) is 6.53. The summed E-state index contributed by atoms with van der Waals surface area (Å²) in [6, 6.07) is 14.4. The third-order valence-corrected chi connectivity index (χ3v) is 6.35. The fraction of sp³-hybridized carbons (Fsp3) is 0.381. The van der Waals surface area contributed by atoms with E-state index in [1.165, 1.54) is 15.3 Å². The molecule has 28 heavy (non-hydrogen) atoms. The predicted molar refractivity (Wildman–Crippen MR) is 110 cm³/mol. The molecular weight excluding hydrogens is 376 g/mol. The number of nitrogens with zero attached hydrogens (tertiary/aromatic N) is 2. The molecule has 7 heteroatoms. The van der Waals surface area contributed by atoms with Crippen molar-refractivity contribution >= 4 is 15.9 Å². The molecule has 0 fully saturated rings. The third-order valence-electron chi connectivity index (χ3n) is 4.44. The largest absolute Gasteiger partial charge is 0.494 e. The Hall–Kier alpha value is -2.38. The number of rotatable bonds is 9. The molecule has 0 aliphatic carbocycles. The summed E-state index contributed by atoms with van der Waals surface area (Å²) in [7, 11) is -2.10. The van der Waals surface area contributed by atoms with E-state index in [2.05, 4.69) is 0 Å². The van der Waals surface area contributed by atoms with E-state index in [1.807, 2.05) is 37.3 Å². The van der Waals surface area contributed by atoms with Gasteiger partial charge in [0.15, 0.2) is 0 Å². The number of hydrogen-bond donors (Lipinski definition) is 0. The fourth-order valence-corrected chi connectivity index (χ4v) is 4.32. The second-order valence-corrected chi connectivity index (χ2v) is 8.46. The van der Waals surface area contributed by atoms with Crippen molar-refractivity contribution in [2.75, 3.05) is 26.7 Å². The number of ether oxygens (including phenoxy) is 1. The van der Waals surface area contributed by atoms with E-state index in [1.54, 1.807) is 33.0 Å². The highest BCUT2D eigenvalue weighted by molar-refractivity contribution is 7.89. The maximum absolute atomic E-state index is 13.0. The number of benzene rings is 2. The summed E-state index contributed by atoms with van der Waals surface area (Å²) in [5.74, 6) is 0.403. The molecule has 0 saturated heterocycles. The molecule has 152 valence electrons. The number of hydrogen-bond acceptors (Lipinski definition) is 4. The lowest BCUT2D eigenvalue weighted by atomic mass is 10.2. The van der Waals surface area contributed by atoms with Crippen molar-refractivity contribution < 1.29 is 17.9 Å². The van der Waals surface area contributed by atoms with Crippen LogP contribution in [0.25, 0.3) is 0 Å². The lowest BCUT2D eigenvalue weighted by Gasteiger charge is -2.24. The lowest BCUT2D eigenvalue weighted by Crippen LogP contribution is -2.41. The van der Waals surface area contributed by atoms with Crippen molar-refractivity contribution in [2.24, 2.45) is 0 Å². The standard InChI is InChI=1S/C21H28N2O4S/c1-5-23(16-21(24)22(4)15-18-10-8-7-9-11-18)28(25,26)19-12-13-20(27-6-2)17(3)14-19/h7-14H,5-6,15-16H2,1-4H3. The van der Waals surface area contributed by atoms with Crippen LogP contribution in [0, 0.1) is 6.92 Å². The Morgan fingerprint density at radius 1 is 1.07 bits per heavy atom. The van der Waals surface area contributed by atoms with Crippen LogP contribution in [-0.4, -0.2) is 50.3 Å². The summed E-state index contributed by atoms with van der Waals surface area (Å²) in [4.78, 5) is 14.3. The van der Waals surface area contributed by atoms with Crippen molar-refractivity contribution in [1.29, 1.82) is 0 Å². The van der Waals surface area contributed by atoms with Crippen LogP contribution in [0.2, 0.25) is 0 Å². The normalized spacial score (nSPS) is 11.5. The minimum Gasteiger partial charge on any atom is -0.494 e. The van der Waals surface area contributed by atoms with E-state index in [9.17, 15) is 13.2 Å². The molecule has 6 nitrogen and oxygen atoms in total. The Morgan fingerprint density at radius 2 is 1.75 bits per heavy atom. The third kappa shape index (κ3) is 5.33. The summed E-state index contributed by atoms with van der Waals surface area (Å²) in [5, 5.41) is 0. The minimum absolute atomic E-state index is 0.161. The SMILES string of the molecule is CCOc1ccc(S(=O)(=O)N(CC)CC(=O)N(C)Cc2ccccc2)cc1C. The Labute approximate surface area is 167 Å². The number of amides is 1. The van der Waals surface area contributed by atoms with Gasteiger partial charge in [0.2, 0.25) is 15.9 Å². The van der Waals surface area contributed by atoms with E-state index < -0.39 is 10.0 Å². The van der Waals surface area contributed by atoms with Gasteiger partial charge in [-0.15, -0.1) is 0 Å². The average molecular weight is 405 g/mol. The average Bonchev–Trinajstić information content (AvgIpc) is 2.68. The topological polar surface area (TPSA) is 66.9 Å². The van der Waals surface area contributed by atoms with Crippen LogP contribution < -0.4 is 4.74 Å². The summed E-state index contributed by atoms with van der Waals surface area (Å²) in [5.41, 5.74) is 1.73. The number of aryl methyl sites for hydroxylation is 1. The highest BCUT2D eigenvalue weighted by Crippen LogP contribution is 2.24. The van der Waals surface area contributed by atoms with Gasteiger partial charge in [-0.05, 0) is 43.2 Å². The van der Waals surface area contributed by atoms with Crippen molar-refractivity contribution in [3.8, 4) is 5.75 Å². The monoisotopic (exact) mass is 404 g/mol. The van der Waals surface area contributed by atoms with E-state index in [-0.39, 0.29) is 23.9 Å². The Kier molecular flexibility index (Phi) is 7.60. The van der Waals surface area contributed by atoms with Gasteiger partial charge in [0, 0.05) is 20.1 Å². The highest BCUT2D eigenvalue weighted by Gasteiger charge is 2.27. The van der Waals surface area contributed by atoms with Crippen molar-refractivity contribution in [1.82, 2.24) is 9.21 Å². The zero-order valence-electron chi connectivity index (χ0n) is 16.9. The smallest absolute Gasteiger partial charge is 0.243 e. The highest BCUT2D eigenvalue weighted by atomic mass is 32.2. The van der Waals surface area contributed by atoms with Crippen molar-refractivity contribution in [2.45, 2.75) is 32.2 Å². The molecule has 1 amide bonds. The Balaban J connectivity index is 2.14. The predicted octanol–water partition coefficient (Wildman–Crippen LogP) is 3.06. The molecule has 2 rings (SSSR count). The van der Waals surface area contributed by atoms with Gasteiger partial charge in [0.05, 0.1) is 18.0 Å². The molecular formula is C21H28N2O4S. The van der Waals surface area contributed by atoms with Gasteiger partial charge in [0.25, 0.3) is 0 Å². The zero-order chi connectivity index (χ0) is 20.7. The first-order chi connectivity index (χ1) is 13.3. The molecule has 0 unspecified atom stereocenters. The minimum atomic E-state index is -3.78. The van der Waals surface area contributed by atoms with Gasteiger partial charge in [-0.1, -0.05) is 37.3 Å². The van der Waals surface area contributed by atoms with Crippen LogP contribution in [0.1, 0.15) is 25.0 Å². The molecule has 0 radical (unpaired) electrons.